The van der Waals surface area contributed by atoms with E-state index in [9.17, 15) is 9.18 Å². The van der Waals surface area contributed by atoms with Crippen molar-refractivity contribution in [3.8, 4) is 0 Å². The second-order valence-electron chi connectivity index (χ2n) is 5.65. The van der Waals surface area contributed by atoms with E-state index in [2.05, 4.69) is 11.8 Å². The van der Waals surface area contributed by atoms with Crippen molar-refractivity contribution in [3.05, 3.63) is 35.6 Å². The molecule has 2 atom stereocenters. The summed E-state index contributed by atoms with van der Waals surface area (Å²) in [6.45, 7) is 4.10. The number of carboxylic acid groups (broad SMARTS) is 1. The smallest absolute Gasteiger partial charge is 0.303 e. The van der Waals surface area contributed by atoms with Gasteiger partial charge in [0.2, 0.25) is 0 Å². The van der Waals surface area contributed by atoms with Gasteiger partial charge in [-0.1, -0.05) is 19.1 Å². The summed E-state index contributed by atoms with van der Waals surface area (Å²) in [5, 5.41) is 8.65. The molecule has 0 aliphatic carbocycles. The Hall–Kier alpha value is -1.42. The van der Waals surface area contributed by atoms with Crippen molar-refractivity contribution in [2.75, 3.05) is 13.1 Å². The number of benzene rings is 1. The Kier molecular flexibility index (Phi) is 5.12. The van der Waals surface area contributed by atoms with E-state index < -0.39 is 5.97 Å². The van der Waals surface area contributed by atoms with E-state index in [0.717, 1.165) is 31.5 Å². The van der Waals surface area contributed by atoms with Crippen LogP contribution in [0, 0.1) is 11.7 Å². The second kappa shape index (κ2) is 6.84. The van der Waals surface area contributed by atoms with Crippen molar-refractivity contribution in [2.24, 2.45) is 5.92 Å². The van der Waals surface area contributed by atoms with E-state index in [-0.39, 0.29) is 18.3 Å². The normalized spacial score (nSPS) is 23.1. The Morgan fingerprint density at radius 3 is 2.95 bits per heavy atom. The standard InChI is InChI=1S/C16H22FNO2/c1-12-8-10-18(9-3-2-7-15(19)20)16(12)13-5-4-6-14(17)11-13/h4-6,11-12,16H,2-3,7-10H2,1H3,(H,19,20). The third kappa shape index (κ3) is 3.79. The number of rotatable bonds is 6. The molecule has 1 fully saturated rings. The van der Waals surface area contributed by atoms with Crippen LogP contribution in [0.25, 0.3) is 0 Å². The first-order chi connectivity index (χ1) is 9.58. The highest BCUT2D eigenvalue weighted by Crippen LogP contribution is 2.37. The average Bonchev–Trinajstić information content (AvgIpc) is 2.76. The Labute approximate surface area is 119 Å². The summed E-state index contributed by atoms with van der Waals surface area (Å²) in [5.74, 6) is -0.412. The van der Waals surface area contributed by atoms with Crippen LogP contribution in [0.1, 0.15) is 44.2 Å². The lowest BCUT2D eigenvalue weighted by Gasteiger charge is -2.27. The Morgan fingerprint density at radius 2 is 2.25 bits per heavy atom. The molecule has 1 N–H and O–H groups in total. The fourth-order valence-electron chi connectivity index (χ4n) is 3.10. The van der Waals surface area contributed by atoms with Gasteiger partial charge in [0.1, 0.15) is 5.82 Å². The van der Waals surface area contributed by atoms with Crippen LogP contribution < -0.4 is 0 Å². The summed E-state index contributed by atoms with van der Waals surface area (Å²) < 4.78 is 13.4. The topological polar surface area (TPSA) is 40.5 Å². The van der Waals surface area contributed by atoms with E-state index in [0.29, 0.717) is 12.3 Å². The largest absolute Gasteiger partial charge is 0.481 e. The number of unbranched alkanes of at least 4 members (excludes halogenated alkanes) is 1. The minimum absolute atomic E-state index is 0.188. The monoisotopic (exact) mass is 279 g/mol. The quantitative estimate of drug-likeness (QED) is 0.811. The SMILES string of the molecule is CC1CCN(CCCCC(=O)O)C1c1cccc(F)c1. The summed E-state index contributed by atoms with van der Waals surface area (Å²) >= 11 is 0. The van der Waals surface area contributed by atoms with E-state index in [4.69, 9.17) is 5.11 Å². The molecule has 3 nitrogen and oxygen atoms in total. The van der Waals surface area contributed by atoms with Gasteiger partial charge in [0.05, 0.1) is 0 Å². The summed E-state index contributed by atoms with van der Waals surface area (Å²) in [5.41, 5.74) is 1.04. The van der Waals surface area contributed by atoms with Crippen molar-refractivity contribution in [2.45, 2.75) is 38.6 Å². The zero-order valence-corrected chi connectivity index (χ0v) is 11.9. The lowest BCUT2D eigenvalue weighted by molar-refractivity contribution is -0.137. The molecule has 0 radical (unpaired) electrons. The average molecular weight is 279 g/mol. The Bertz CT molecular complexity index is 464. The minimum Gasteiger partial charge on any atom is -0.481 e. The fraction of sp³-hybridized carbons (Fsp3) is 0.562. The zero-order chi connectivity index (χ0) is 14.5. The molecule has 4 heteroatoms. The van der Waals surface area contributed by atoms with Crippen molar-refractivity contribution in [1.82, 2.24) is 4.90 Å². The van der Waals surface area contributed by atoms with E-state index in [1.54, 1.807) is 12.1 Å². The van der Waals surface area contributed by atoms with Crippen LogP contribution in [0.2, 0.25) is 0 Å². The molecule has 1 heterocycles. The molecule has 0 bridgehead atoms. The lowest BCUT2D eigenvalue weighted by atomic mass is 9.95. The van der Waals surface area contributed by atoms with Crippen molar-refractivity contribution >= 4 is 5.97 Å². The van der Waals surface area contributed by atoms with Crippen LogP contribution in [-0.4, -0.2) is 29.1 Å². The number of nitrogens with zero attached hydrogens (tertiary/aromatic N) is 1. The summed E-state index contributed by atoms with van der Waals surface area (Å²) in [7, 11) is 0. The maximum Gasteiger partial charge on any atom is 0.303 e. The van der Waals surface area contributed by atoms with Gasteiger partial charge in [0.25, 0.3) is 0 Å². The zero-order valence-electron chi connectivity index (χ0n) is 11.9. The van der Waals surface area contributed by atoms with Gasteiger partial charge < -0.3 is 5.11 Å². The third-order valence-electron chi connectivity index (χ3n) is 4.08. The highest BCUT2D eigenvalue weighted by Gasteiger charge is 2.31. The highest BCUT2D eigenvalue weighted by molar-refractivity contribution is 5.66. The Balaban J connectivity index is 1.96. The molecule has 20 heavy (non-hydrogen) atoms. The first-order valence-electron chi connectivity index (χ1n) is 7.29. The number of carboxylic acids is 1. The minimum atomic E-state index is -0.735. The molecule has 1 aliphatic heterocycles. The van der Waals surface area contributed by atoms with Gasteiger partial charge in [-0.2, -0.15) is 0 Å². The van der Waals surface area contributed by atoms with Crippen LogP contribution in [0.5, 0.6) is 0 Å². The van der Waals surface area contributed by atoms with Crippen LogP contribution in [0.15, 0.2) is 24.3 Å². The maximum absolute atomic E-state index is 13.4. The third-order valence-corrected chi connectivity index (χ3v) is 4.08. The molecule has 0 amide bonds. The van der Waals surface area contributed by atoms with Gasteiger partial charge >= 0.3 is 5.97 Å². The van der Waals surface area contributed by atoms with Crippen LogP contribution in [-0.2, 0) is 4.79 Å². The van der Waals surface area contributed by atoms with Crippen LogP contribution >= 0.6 is 0 Å². The van der Waals surface area contributed by atoms with E-state index >= 15 is 0 Å². The number of hydrogen-bond donors (Lipinski definition) is 1. The summed E-state index contributed by atoms with van der Waals surface area (Å²) in [4.78, 5) is 12.9. The molecule has 0 saturated carbocycles. The van der Waals surface area contributed by atoms with Gasteiger partial charge in [0, 0.05) is 12.5 Å². The number of likely N-dealkylation sites (tertiary alicyclic amines) is 1. The lowest BCUT2D eigenvalue weighted by Crippen LogP contribution is -2.26. The van der Waals surface area contributed by atoms with Crippen LogP contribution in [0.4, 0.5) is 4.39 Å². The molecule has 1 aromatic rings. The first kappa shape index (κ1) is 15.0. The van der Waals surface area contributed by atoms with Gasteiger partial charge in [-0.05, 0) is 56.0 Å². The molecular formula is C16H22FNO2. The van der Waals surface area contributed by atoms with Crippen LogP contribution in [0.3, 0.4) is 0 Å². The van der Waals surface area contributed by atoms with Crippen molar-refractivity contribution in [3.63, 3.8) is 0 Å². The molecule has 110 valence electrons. The van der Waals surface area contributed by atoms with Crippen molar-refractivity contribution in [1.29, 1.82) is 0 Å². The predicted molar refractivity (Wildman–Crippen MR) is 76.0 cm³/mol. The van der Waals surface area contributed by atoms with Crippen molar-refractivity contribution < 1.29 is 14.3 Å². The maximum atomic E-state index is 13.4. The van der Waals surface area contributed by atoms with Gasteiger partial charge in [0.15, 0.2) is 0 Å². The summed E-state index contributed by atoms with van der Waals surface area (Å²) in [6, 6.07) is 7.10. The number of aliphatic carboxylic acids is 1. The fourth-order valence-corrected chi connectivity index (χ4v) is 3.10. The Morgan fingerprint density at radius 1 is 1.45 bits per heavy atom. The van der Waals surface area contributed by atoms with Gasteiger partial charge in [-0.15, -0.1) is 0 Å². The van der Waals surface area contributed by atoms with E-state index in [1.165, 1.54) is 6.07 Å². The molecular weight excluding hydrogens is 257 g/mol. The second-order valence-corrected chi connectivity index (χ2v) is 5.65. The first-order valence-corrected chi connectivity index (χ1v) is 7.29. The molecule has 0 spiro atoms. The molecule has 0 aromatic heterocycles. The number of halogens is 1. The summed E-state index contributed by atoms with van der Waals surface area (Å²) in [6.07, 6.45) is 2.93. The molecule has 2 rings (SSSR count). The van der Waals surface area contributed by atoms with E-state index in [1.807, 2.05) is 6.07 Å². The van der Waals surface area contributed by atoms with Gasteiger partial charge in [-0.25, -0.2) is 4.39 Å². The van der Waals surface area contributed by atoms with Gasteiger partial charge in [-0.3, -0.25) is 9.69 Å². The molecule has 2 unspecified atom stereocenters. The molecule has 1 saturated heterocycles. The number of hydrogen-bond acceptors (Lipinski definition) is 2. The predicted octanol–water partition coefficient (Wildman–Crippen LogP) is 3.46. The molecule has 1 aromatic carbocycles. The number of carbonyl (C=O) groups is 1. The highest BCUT2D eigenvalue weighted by atomic mass is 19.1. The molecule has 1 aliphatic rings.